The Balaban J connectivity index is 1.72. The van der Waals surface area contributed by atoms with Gasteiger partial charge >= 0.3 is 12.6 Å². The van der Waals surface area contributed by atoms with Crippen LogP contribution < -0.4 is 9.47 Å². The number of carbonyl (C=O) groups excluding carboxylic acids is 2. The van der Waals surface area contributed by atoms with E-state index in [1.165, 1.54) is 49.2 Å². The Labute approximate surface area is 170 Å². The van der Waals surface area contributed by atoms with Crippen LogP contribution in [0.2, 0.25) is 0 Å². The van der Waals surface area contributed by atoms with E-state index in [-0.39, 0.29) is 22.8 Å². The van der Waals surface area contributed by atoms with Gasteiger partial charge in [-0.2, -0.15) is 13.9 Å². The van der Waals surface area contributed by atoms with Gasteiger partial charge in [0.15, 0.2) is 11.9 Å². The molecule has 0 fully saturated rings. The number of benzene rings is 2. The molecule has 1 heterocycles. The summed E-state index contributed by atoms with van der Waals surface area (Å²) in [5, 5.41) is 4.19. The number of esters is 1. The number of nitrogens with zero attached hydrogens (tertiary/aromatic N) is 2. The Hall–Kier alpha value is -3.75. The van der Waals surface area contributed by atoms with Crippen LogP contribution in [0.1, 0.15) is 27.8 Å². The van der Waals surface area contributed by atoms with Crippen molar-refractivity contribution in [3.05, 3.63) is 72.1 Å². The molecule has 0 aliphatic heterocycles. The summed E-state index contributed by atoms with van der Waals surface area (Å²) in [6, 6.07) is 14.2. The van der Waals surface area contributed by atoms with E-state index in [4.69, 9.17) is 9.47 Å². The molecule has 0 spiro atoms. The lowest BCUT2D eigenvalue weighted by Crippen LogP contribution is -2.25. The second-order valence-corrected chi connectivity index (χ2v) is 6.14. The molecule has 0 unspecified atom stereocenters. The topological polar surface area (TPSA) is 79.7 Å². The standard InChI is InChI=1S/C21H18F2N2O5/c1-13(19(26)14-8-10-16(11-9-14)30-21(22)23)29-20(27)18-17(28-2)12-25(24-18)15-6-4-3-5-7-15/h3-13,21H,1-2H3/t13-/m1/s1. The predicted molar refractivity (Wildman–Crippen MR) is 102 cm³/mol. The number of para-hydroxylation sites is 1. The molecule has 0 bridgehead atoms. The maximum atomic E-state index is 12.6. The van der Waals surface area contributed by atoms with Gasteiger partial charge in [0.25, 0.3) is 0 Å². The van der Waals surface area contributed by atoms with Crippen LogP contribution in [-0.4, -0.2) is 41.4 Å². The van der Waals surface area contributed by atoms with Crippen molar-refractivity contribution in [2.75, 3.05) is 7.11 Å². The molecule has 30 heavy (non-hydrogen) atoms. The minimum absolute atomic E-state index is 0.0811. The minimum Gasteiger partial charge on any atom is -0.493 e. The van der Waals surface area contributed by atoms with Gasteiger partial charge < -0.3 is 14.2 Å². The summed E-state index contributed by atoms with van der Waals surface area (Å²) in [5.41, 5.74) is 0.811. The van der Waals surface area contributed by atoms with E-state index in [9.17, 15) is 18.4 Å². The van der Waals surface area contributed by atoms with Crippen LogP contribution in [0.25, 0.3) is 5.69 Å². The van der Waals surface area contributed by atoms with Gasteiger partial charge in [-0.3, -0.25) is 4.79 Å². The number of alkyl halides is 2. The first kappa shape index (κ1) is 21.0. The fraction of sp³-hybridized carbons (Fsp3) is 0.190. The molecule has 156 valence electrons. The normalized spacial score (nSPS) is 11.8. The lowest BCUT2D eigenvalue weighted by atomic mass is 10.1. The third-order valence-corrected chi connectivity index (χ3v) is 4.13. The molecule has 1 aromatic heterocycles. The molecule has 0 radical (unpaired) electrons. The lowest BCUT2D eigenvalue weighted by molar-refractivity contribution is -0.0498. The monoisotopic (exact) mass is 416 g/mol. The van der Waals surface area contributed by atoms with Gasteiger partial charge in [0.2, 0.25) is 11.5 Å². The summed E-state index contributed by atoms with van der Waals surface area (Å²) < 4.78 is 40.6. The first-order valence-electron chi connectivity index (χ1n) is 8.88. The number of Topliss-reactive ketones (excluding diaryl/α,β-unsaturated/α-hetero) is 1. The molecule has 0 saturated carbocycles. The third kappa shape index (κ3) is 4.80. The Morgan fingerprint density at radius 3 is 2.30 bits per heavy atom. The molecule has 0 aliphatic carbocycles. The number of carbonyl (C=O) groups is 2. The molecule has 7 nitrogen and oxygen atoms in total. The lowest BCUT2D eigenvalue weighted by Gasteiger charge is -2.12. The molecule has 0 saturated heterocycles. The van der Waals surface area contributed by atoms with Crippen molar-refractivity contribution in [3.63, 3.8) is 0 Å². The van der Waals surface area contributed by atoms with Crippen molar-refractivity contribution in [1.29, 1.82) is 0 Å². The van der Waals surface area contributed by atoms with E-state index in [1.54, 1.807) is 12.1 Å². The smallest absolute Gasteiger partial charge is 0.387 e. The van der Waals surface area contributed by atoms with Crippen LogP contribution in [0.15, 0.2) is 60.8 Å². The maximum Gasteiger partial charge on any atom is 0.387 e. The summed E-state index contributed by atoms with van der Waals surface area (Å²) in [7, 11) is 1.39. The zero-order valence-corrected chi connectivity index (χ0v) is 16.1. The molecular formula is C21H18F2N2O5. The number of aromatic nitrogens is 2. The number of rotatable bonds is 8. The number of methoxy groups -OCH3 is 1. The SMILES string of the molecule is COc1cn(-c2ccccc2)nc1C(=O)O[C@H](C)C(=O)c1ccc(OC(F)F)cc1. The molecular weight excluding hydrogens is 398 g/mol. The largest absolute Gasteiger partial charge is 0.493 e. The fourth-order valence-electron chi connectivity index (χ4n) is 2.67. The van der Waals surface area contributed by atoms with Crippen LogP contribution in [0.5, 0.6) is 11.5 Å². The van der Waals surface area contributed by atoms with Gasteiger partial charge in [-0.1, -0.05) is 18.2 Å². The molecule has 3 aromatic rings. The maximum absolute atomic E-state index is 12.6. The van der Waals surface area contributed by atoms with Gasteiger partial charge in [-0.15, -0.1) is 0 Å². The van der Waals surface area contributed by atoms with Gasteiger partial charge in [0.05, 0.1) is 19.0 Å². The van der Waals surface area contributed by atoms with E-state index in [2.05, 4.69) is 9.84 Å². The number of ketones is 1. The predicted octanol–water partition coefficient (Wildman–Crippen LogP) is 3.91. The quantitative estimate of drug-likeness (QED) is 0.409. The first-order valence-corrected chi connectivity index (χ1v) is 8.88. The second-order valence-electron chi connectivity index (χ2n) is 6.14. The van der Waals surface area contributed by atoms with E-state index in [0.717, 1.165) is 0 Å². The van der Waals surface area contributed by atoms with Crippen LogP contribution in [0.4, 0.5) is 8.78 Å². The molecule has 0 N–H and O–H groups in total. The highest BCUT2D eigenvalue weighted by molar-refractivity contribution is 6.01. The summed E-state index contributed by atoms with van der Waals surface area (Å²) in [6.45, 7) is -1.55. The highest BCUT2D eigenvalue weighted by atomic mass is 19.3. The molecule has 0 aliphatic rings. The van der Waals surface area contributed by atoms with Crippen molar-refractivity contribution in [2.45, 2.75) is 19.6 Å². The van der Waals surface area contributed by atoms with E-state index >= 15 is 0 Å². The highest BCUT2D eigenvalue weighted by Gasteiger charge is 2.25. The number of hydrogen-bond donors (Lipinski definition) is 0. The van der Waals surface area contributed by atoms with Crippen molar-refractivity contribution in [3.8, 4) is 17.2 Å². The summed E-state index contributed by atoms with van der Waals surface area (Å²) in [4.78, 5) is 25.1. The van der Waals surface area contributed by atoms with Crippen molar-refractivity contribution in [2.24, 2.45) is 0 Å². The minimum atomic E-state index is -2.96. The third-order valence-electron chi connectivity index (χ3n) is 4.13. The van der Waals surface area contributed by atoms with Gasteiger partial charge in [0.1, 0.15) is 5.75 Å². The molecule has 3 rings (SSSR count). The Morgan fingerprint density at radius 1 is 1.03 bits per heavy atom. The molecule has 1 atom stereocenters. The first-order chi connectivity index (χ1) is 14.4. The molecule has 9 heteroatoms. The van der Waals surface area contributed by atoms with Crippen LogP contribution >= 0.6 is 0 Å². The Kier molecular flexibility index (Phi) is 6.41. The van der Waals surface area contributed by atoms with Gasteiger partial charge in [0, 0.05) is 5.56 Å². The van der Waals surface area contributed by atoms with Crippen LogP contribution in [0, 0.1) is 0 Å². The molecule has 0 amide bonds. The zero-order chi connectivity index (χ0) is 21.7. The van der Waals surface area contributed by atoms with Crippen LogP contribution in [-0.2, 0) is 4.74 Å². The number of hydrogen-bond acceptors (Lipinski definition) is 6. The fourth-order valence-corrected chi connectivity index (χ4v) is 2.67. The van der Waals surface area contributed by atoms with Crippen molar-refractivity contribution < 1.29 is 32.6 Å². The Morgan fingerprint density at radius 2 is 1.70 bits per heavy atom. The highest BCUT2D eigenvalue weighted by Crippen LogP contribution is 2.22. The summed E-state index contributed by atoms with van der Waals surface area (Å²) in [5.74, 6) is -1.23. The van der Waals surface area contributed by atoms with E-state index < -0.39 is 24.5 Å². The average molecular weight is 416 g/mol. The summed E-state index contributed by atoms with van der Waals surface area (Å²) >= 11 is 0. The molecule has 2 aromatic carbocycles. The summed E-state index contributed by atoms with van der Waals surface area (Å²) in [6.07, 6.45) is 0.395. The van der Waals surface area contributed by atoms with Gasteiger partial charge in [-0.25, -0.2) is 9.48 Å². The zero-order valence-electron chi connectivity index (χ0n) is 16.1. The second kappa shape index (κ2) is 9.17. The average Bonchev–Trinajstić information content (AvgIpc) is 3.18. The number of ether oxygens (including phenoxy) is 3. The van der Waals surface area contributed by atoms with Crippen molar-refractivity contribution in [1.82, 2.24) is 9.78 Å². The van der Waals surface area contributed by atoms with Crippen molar-refractivity contribution >= 4 is 11.8 Å². The number of halogens is 2. The van der Waals surface area contributed by atoms with Crippen LogP contribution in [0.3, 0.4) is 0 Å². The van der Waals surface area contributed by atoms with Gasteiger partial charge in [-0.05, 0) is 43.3 Å². The Bertz CT molecular complexity index is 1020. The van der Waals surface area contributed by atoms with E-state index in [1.807, 2.05) is 18.2 Å². The van der Waals surface area contributed by atoms with E-state index in [0.29, 0.717) is 5.69 Å².